The van der Waals surface area contributed by atoms with Crippen molar-refractivity contribution in [1.82, 2.24) is 5.32 Å². The van der Waals surface area contributed by atoms with Crippen LogP contribution in [0.4, 0.5) is 5.69 Å². The SMILES string of the molecule is CN(C)c1ccc(C(=O)NCCCCCCI)cc1. The van der Waals surface area contributed by atoms with Crippen molar-refractivity contribution >= 4 is 34.2 Å². The lowest BCUT2D eigenvalue weighted by Gasteiger charge is -2.12. The highest BCUT2D eigenvalue weighted by Gasteiger charge is 2.04. The molecule has 0 radical (unpaired) electrons. The number of alkyl halides is 1. The Bertz CT molecular complexity index is 376. The maximum absolute atomic E-state index is 11.9. The summed E-state index contributed by atoms with van der Waals surface area (Å²) < 4.78 is 1.22. The van der Waals surface area contributed by atoms with Crippen LogP contribution in [0, 0.1) is 0 Å². The fourth-order valence-corrected chi connectivity index (χ4v) is 2.33. The van der Waals surface area contributed by atoms with Crippen LogP contribution in [0.1, 0.15) is 36.0 Å². The number of nitrogens with zero attached hydrogens (tertiary/aromatic N) is 1. The Labute approximate surface area is 129 Å². The van der Waals surface area contributed by atoms with Crippen LogP contribution < -0.4 is 10.2 Å². The number of rotatable bonds is 8. The van der Waals surface area contributed by atoms with Crippen LogP contribution in [0.2, 0.25) is 0 Å². The summed E-state index contributed by atoms with van der Waals surface area (Å²) in [6.45, 7) is 0.773. The molecule has 0 saturated carbocycles. The molecule has 0 bridgehead atoms. The molecule has 0 heterocycles. The van der Waals surface area contributed by atoms with Gasteiger partial charge in [-0.05, 0) is 41.5 Å². The van der Waals surface area contributed by atoms with Gasteiger partial charge in [0.2, 0.25) is 0 Å². The third-order valence-corrected chi connectivity index (χ3v) is 3.75. The van der Waals surface area contributed by atoms with Crippen molar-refractivity contribution < 1.29 is 4.79 Å². The normalized spacial score (nSPS) is 10.3. The lowest BCUT2D eigenvalue weighted by atomic mass is 10.1. The molecule has 0 saturated heterocycles. The first-order chi connectivity index (χ1) is 9.15. The highest BCUT2D eigenvalue weighted by molar-refractivity contribution is 14.1. The van der Waals surface area contributed by atoms with E-state index >= 15 is 0 Å². The first kappa shape index (κ1) is 16.3. The van der Waals surface area contributed by atoms with Gasteiger partial charge in [-0.1, -0.05) is 35.4 Å². The predicted octanol–water partition coefficient (Wildman–Crippen LogP) is 3.48. The minimum absolute atomic E-state index is 0.0270. The third-order valence-electron chi connectivity index (χ3n) is 2.99. The number of unbranched alkanes of at least 4 members (excludes halogenated alkanes) is 3. The largest absolute Gasteiger partial charge is 0.378 e. The summed E-state index contributed by atoms with van der Waals surface area (Å²) in [6.07, 6.45) is 4.80. The van der Waals surface area contributed by atoms with Gasteiger partial charge in [-0.3, -0.25) is 4.79 Å². The van der Waals surface area contributed by atoms with Gasteiger partial charge in [-0.25, -0.2) is 0 Å². The molecule has 1 amide bonds. The molecule has 1 aromatic carbocycles. The quantitative estimate of drug-likeness (QED) is 0.429. The van der Waals surface area contributed by atoms with Gasteiger partial charge in [0.1, 0.15) is 0 Å². The summed E-state index contributed by atoms with van der Waals surface area (Å²) in [5.74, 6) is 0.0270. The van der Waals surface area contributed by atoms with E-state index in [-0.39, 0.29) is 5.91 Å². The van der Waals surface area contributed by atoms with Crippen LogP contribution in [-0.2, 0) is 0 Å². The molecule has 1 rings (SSSR count). The molecule has 106 valence electrons. The number of carbonyl (C=O) groups is 1. The predicted molar refractivity (Wildman–Crippen MR) is 90.5 cm³/mol. The number of benzene rings is 1. The van der Waals surface area contributed by atoms with Crippen molar-refractivity contribution in [1.29, 1.82) is 0 Å². The highest BCUT2D eigenvalue weighted by Crippen LogP contribution is 2.12. The zero-order chi connectivity index (χ0) is 14.1. The number of halogens is 1. The van der Waals surface area contributed by atoms with Crippen LogP contribution in [-0.4, -0.2) is 31.0 Å². The Morgan fingerprint density at radius 3 is 2.32 bits per heavy atom. The van der Waals surface area contributed by atoms with E-state index in [1.807, 2.05) is 43.3 Å². The summed E-state index contributed by atoms with van der Waals surface area (Å²) in [5, 5.41) is 2.97. The Kier molecular flexibility index (Phi) is 7.86. The Morgan fingerprint density at radius 1 is 1.11 bits per heavy atom. The van der Waals surface area contributed by atoms with Gasteiger partial charge in [-0.15, -0.1) is 0 Å². The second kappa shape index (κ2) is 9.18. The maximum Gasteiger partial charge on any atom is 0.251 e. The first-order valence-electron chi connectivity index (χ1n) is 6.76. The summed E-state index contributed by atoms with van der Waals surface area (Å²) in [6, 6.07) is 7.69. The van der Waals surface area contributed by atoms with E-state index in [0.717, 1.165) is 24.2 Å². The molecular weight excluding hydrogens is 351 g/mol. The van der Waals surface area contributed by atoms with Crippen LogP contribution in [0.5, 0.6) is 0 Å². The van der Waals surface area contributed by atoms with E-state index in [2.05, 4.69) is 27.9 Å². The van der Waals surface area contributed by atoms with E-state index in [0.29, 0.717) is 0 Å². The van der Waals surface area contributed by atoms with Gasteiger partial charge in [-0.2, -0.15) is 0 Å². The van der Waals surface area contributed by atoms with Crippen molar-refractivity contribution in [3.8, 4) is 0 Å². The van der Waals surface area contributed by atoms with Crippen molar-refractivity contribution in [3.63, 3.8) is 0 Å². The molecule has 1 aromatic rings. The lowest BCUT2D eigenvalue weighted by Crippen LogP contribution is -2.24. The number of anilines is 1. The minimum Gasteiger partial charge on any atom is -0.378 e. The summed E-state index contributed by atoms with van der Waals surface area (Å²) >= 11 is 2.40. The zero-order valence-corrected chi connectivity index (χ0v) is 13.9. The fourth-order valence-electron chi connectivity index (χ4n) is 1.79. The van der Waals surface area contributed by atoms with Gasteiger partial charge in [0, 0.05) is 31.9 Å². The van der Waals surface area contributed by atoms with Gasteiger partial charge >= 0.3 is 0 Å². The van der Waals surface area contributed by atoms with Crippen LogP contribution in [0.3, 0.4) is 0 Å². The highest BCUT2D eigenvalue weighted by atomic mass is 127. The Morgan fingerprint density at radius 2 is 1.74 bits per heavy atom. The fraction of sp³-hybridized carbons (Fsp3) is 0.533. The van der Waals surface area contributed by atoms with Gasteiger partial charge in [0.15, 0.2) is 0 Å². The number of hydrogen-bond donors (Lipinski definition) is 1. The summed E-state index contributed by atoms with van der Waals surface area (Å²) in [4.78, 5) is 13.9. The van der Waals surface area contributed by atoms with Crippen molar-refractivity contribution in [2.75, 3.05) is 30.0 Å². The van der Waals surface area contributed by atoms with E-state index in [1.54, 1.807) is 0 Å². The maximum atomic E-state index is 11.9. The molecule has 3 nitrogen and oxygen atoms in total. The molecule has 0 aromatic heterocycles. The molecule has 0 spiro atoms. The standard InChI is InChI=1S/C15H23IN2O/c1-18(2)14-9-7-13(8-10-14)15(19)17-12-6-4-3-5-11-16/h7-10H,3-6,11-12H2,1-2H3,(H,17,19). The molecule has 19 heavy (non-hydrogen) atoms. The average molecular weight is 374 g/mol. The minimum atomic E-state index is 0.0270. The Hall–Kier alpha value is -0.780. The summed E-state index contributed by atoms with van der Waals surface area (Å²) in [7, 11) is 3.98. The molecule has 0 aliphatic heterocycles. The topological polar surface area (TPSA) is 32.3 Å². The van der Waals surface area contributed by atoms with Gasteiger partial charge < -0.3 is 10.2 Å². The monoisotopic (exact) mass is 374 g/mol. The first-order valence-corrected chi connectivity index (χ1v) is 8.29. The molecule has 0 aliphatic rings. The molecule has 1 N–H and O–H groups in total. The van der Waals surface area contributed by atoms with E-state index in [1.165, 1.54) is 23.7 Å². The van der Waals surface area contributed by atoms with E-state index in [4.69, 9.17) is 0 Å². The molecule has 0 fully saturated rings. The second-order valence-electron chi connectivity index (χ2n) is 4.80. The van der Waals surface area contributed by atoms with Crippen molar-refractivity contribution in [2.45, 2.75) is 25.7 Å². The third kappa shape index (κ3) is 6.27. The van der Waals surface area contributed by atoms with E-state index < -0.39 is 0 Å². The van der Waals surface area contributed by atoms with Gasteiger partial charge in [0.05, 0.1) is 0 Å². The lowest BCUT2D eigenvalue weighted by molar-refractivity contribution is 0.0953. The number of hydrogen-bond acceptors (Lipinski definition) is 2. The summed E-state index contributed by atoms with van der Waals surface area (Å²) in [5.41, 5.74) is 1.84. The average Bonchev–Trinajstić information content (AvgIpc) is 2.42. The Balaban J connectivity index is 2.29. The van der Waals surface area contributed by atoms with Crippen LogP contribution in [0.15, 0.2) is 24.3 Å². The van der Waals surface area contributed by atoms with Crippen molar-refractivity contribution in [3.05, 3.63) is 29.8 Å². The number of carbonyl (C=O) groups excluding carboxylic acids is 1. The number of nitrogens with one attached hydrogen (secondary N) is 1. The van der Waals surface area contributed by atoms with Crippen LogP contribution >= 0.6 is 22.6 Å². The zero-order valence-electron chi connectivity index (χ0n) is 11.8. The molecular formula is C15H23IN2O. The number of amides is 1. The van der Waals surface area contributed by atoms with Crippen molar-refractivity contribution in [2.24, 2.45) is 0 Å². The second-order valence-corrected chi connectivity index (χ2v) is 5.88. The van der Waals surface area contributed by atoms with E-state index in [9.17, 15) is 4.79 Å². The van der Waals surface area contributed by atoms with Gasteiger partial charge in [0.25, 0.3) is 5.91 Å². The molecule has 0 atom stereocenters. The molecule has 0 unspecified atom stereocenters. The molecule has 4 heteroatoms. The smallest absolute Gasteiger partial charge is 0.251 e. The van der Waals surface area contributed by atoms with Crippen LogP contribution in [0.25, 0.3) is 0 Å². The molecule has 0 aliphatic carbocycles.